The Labute approximate surface area is 105 Å². The summed E-state index contributed by atoms with van der Waals surface area (Å²) in [6.07, 6.45) is 3.29. The van der Waals surface area contributed by atoms with Gasteiger partial charge in [-0.2, -0.15) is 0 Å². The van der Waals surface area contributed by atoms with E-state index in [1.165, 1.54) is 0 Å². The normalized spacial score (nSPS) is 27.8. The molecule has 2 heterocycles. The van der Waals surface area contributed by atoms with E-state index in [0.717, 1.165) is 19.3 Å². The fraction of sp³-hybridized carbons (Fsp3) is 0.727. The summed E-state index contributed by atoms with van der Waals surface area (Å²) in [6, 6.07) is 0.101. The molecule has 0 radical (unpaired) electrons. The van der Waals surface area contributed by atoms with Gasteiger partial charge < -0.3 is 15.3 Å². The van der Waals surface area contributed by atoms with Crippen molar-refractivity contribution in [3.05, 3.63) is 0 Å². The average Bonchev–Trinajstić information content (AvgIpc) is 2.59. The van der Waals surface area contributed by atoms with Crippen LogP contribution < -0.4 is 10.6 Å². The molecule has 2 rings (SSSR count). The van der Waals surface area contributed by atoms with Crippen LogP contribution in [0.4, 0.5) is 4.79 Å². The van der Waals surface area contributed by atoms with Crippen LogP contribution in [-0.4, -0.2) is 35.1 Å². The topological polar surface area (TPSA) is 100 Å². The van der Waals surface area contributed by atoms with Gasteiger partial charge in [-0.15, -0.1) is 0 Å². The van der Waals surface area contributed by atoms with Crippen molar-refractivity contribution in [2.45, 2.75) is 50.7 Å². The van der Waals surface area contributed by atoms with E-state index < -0.39 is 6.09 Å². The lowest BCUT2D eigenvalue weighted by molar-refractivity contribution is -0.121. The molecule has 2 atom stereocenters. The van der Waals surface area contributed by atoms with Crippen LogP contribution in [0.1, 0.15) is 38.5 Å². The van der Waals surface area contributed by atoms with E-state index in [2.05, 4.69) is 15.8 Å². The summed E-state index contributed by atoms with van der Waals surface area (Å²) in [7, 11) is 0. The number of rotatable bonds is 2. The second-order valence-electron chi connectivity index (χ2n) is 4.65. The van der Waals surface area contributed by atoms with E-state index in [1.807, 2.05) is 0 Å². The summed E-state index contributed by atoms with van der Waals surface area (Å²) in [4.78, 5) is 27.0. The summed E-state index contributed by atoms with van der Waals surface area (Å²) >= 11 is 0. The minimum absolute atomic E-state index is 0.0836. The number of hydrogen-bond donors (Lipinski definition) is 3. The standard InChI is InChI=1S/C11H17N3O4/c15-10-4-2-1-3-7(12-10)5-8-6-9(14-18-8)13-11(16)17/h7-8H,1-6H2,(H,12,15)(H,13,14)(H,16,17). The van der Waals surface area contributed by atoms with Crippen LogP contribution in [0.3, 0.4) is 0 Å². The van der Waals surface area contributed by atoms with Gasteiger partial charge >= 0.3 is 6.09 Å². The molecule has 0 spiro atoms. The first kappa shape index (κ1) is 12.7. The monoisotopic (exact) mass is 255 g/mol. The maximum Gasteiger partial charge on any atom is 0.410 e. The molecular formula is C11H17N3O4. The molecule has 0 aromatic heterocycles. The van der Waals surface area contributed by atoms with Gasteiger partial charge in [0.1, 0.15) is 6.10 Å². The van der Waals surface area contributed by atoms with Crippen LogP contribution in [0.25, 0.3) is 0 Å². The minimum atomic E-state index is -1.14. The number of carbonyl (C=O) groups is 2. The van der Waals surface area contributed by atoms with Crippen LogP contribution in [0.5, 0.6) is 0 Å². The third-order valence-corrected chi connectivity index (χ3v) is 3.10. The number of carbonyl (C=O) groups excluding carboxylic acids is 1. The number of oxime groups is 1. The third kappa shape index (κ3) is 3.61. The quantitative estimate of drug-likeness (QED) is 0.679. The predicted molar refractivity (Wildman–Crippen MR) is 63.1 cm³/mol. The largest absolute Gasteiger partial charge is 0.465 e. The summed E-state index contributed by atoms with van der Waals surface area (Å²) < 4.78 is 0. The highest BCUT2D eigenvalue weighted by atomic mass is 16.6. The van der Waals surface area contributed by atoms with E-state index in [-0.39, 0.29) is 18.1 Å². The van der Waals surface area contributed by atoms with Crippen LogP contribution >= 0.6 is 0 Å². The Morgan fingerprint density at radius 1 is 1.56 bits per heavy atom. The zero-order chi connectivity index (χ0) is 13.0. The van der Waals surface area contributed by atoms with E-state index in [9.17, 15) is 9.59 Å². The fourth-order valence-electron chi connectivity index (χ4n) is 2.29. The molecule has 0 saturated carbocycles. The number of nitrogens with zero attached hydrogens (tertiary/aromatic N) is 1. The lowest BCUT2D eigenvalue weighted by Crippen LogP contribution is -2.36. The highest BCUT2D eigenvalue weighted by Gasteiger charge is 2.27. The van der Waals surface area contributed by atoms with Crippen molar-refractivity contribution < 1.29 is 19.5 Å². The molecule has 1 fully saturated rings. The third-order valence-electron chi connectivity index (χ3n) is 3.10. The molecule has 100 valence electrons. The molecule has 0 aromatic carbocycles. The van der Waals surface area contributed by atoms with E-state index in [1.54, 1.807) is 0 Å². The summed E-state index contributed by atoms with van der Waals surface area (Å²) in [5.74, 6) is 0.410. The van der Waals surface area contributed by atoms with Crippen molar-refractivity contribution in [2.75, 3.05) is 0 Å². The van der Waals surface area contributed by atoms with Gasteiger partial charge in [0.05, 0.1) is 0 Å². The first-order chi connectivity index (χ1) is 8.63. The van der Waals surface area contributed by atoms with Gasteiger partial charge in [-0.05, 0) is 12.8 Å². The Hall–Kier alpha value is -1.79. The number of amidine groups is 1. The molecule has 7 nitrogen and oxygen atoms in total. The van der Waals surface area contributed by atoms with Gasteiger partial charge in [0.25, 0.3) is 0 Å². The van der Waals surface area contributed by atoms with Crippen molar-refractivity contribution in [3.8, 4) is 0 Å². The summed E-state index contributed by atoms with van der Waals surface area (Å²) in [5, 5.41) is 17.4. The van der Waals surface area contributed by atoms with Gasteiger partial charge in [0, 0.05) is 25.3 Å². The van der Waals surface area contributed by atoms with Crippen molar-refractivity contribution in [1.82, 2.24) is 10.6 Å². The zero-order valence-corrected chi connectivity index (χ0v) is 10.0. The maximum atomic E-state index is 11.4. The number of nitrogens with one attached hydrogen (secondary N) is 2. The molecular weight excluding hydrogens is 238 g/mol. The molecule has 1 saturated heterocycles. The second-order valence-corrected chi connectivity index (χ2v) is 4.65. The fourth-order valence-corrected chi connectivity index (χ4v) is 2.29. The molecule has 2 aliphatic rings. The smallest absolute Gasteiger partial charge is 0.410 e. The van der Waals surface area contributed by atoms with Crippen LogP contribution in [-0.2, 0) is 9.63 Å². The maximum absolute atomic E-state index is 11.4. The van der Waals surface area contributed by atoms with Crippen molar-refractivity contribution >= 4 is 17.8 Å². The first-order valence-electron chi connectivity index (χ1n) is 6.15. The summed E-state index contributed by atoms with van der Waals surface area (Å²) in [6.45, 7) is 0. The summed E-state index contributed by atoms with van der Waals surface area (Å²) in [5.41, 5.74) is 0. The molecule has 2 aliphatic heterocycles. The number of carboxylic acid groups (broad SMARTS) is 1. The highest BCUT2D eigenvalue weighted by molar-refractivity contribution is 5.95. The molecule has 7 heteroatoms. The van der Waals surface area contributed by atoms with Crippen LogP contribution in [0, 0.1) is 0 Å². The molecule has 0 aromatic rings. The van der Waals surface area contributed by atoms with E-state index >= 15 is 0 Å². The van der Waals surface area contributed by atoms with E-state index in [4.69, 9.17) is 9.94 Å². The first-order valence-corrected chi connectivity index (χ1v) is 6.15. The van der Waals surface area contributed by atoms with Gasteiger partial charge in [0.2, 0.25) is 5.91 Å². The molecule has 3 N–H and O–H groups in total. The second kappa shape index (κ2) is 5.70. The van der Waals surface area contributed by atoms with Crippen molar-refractivity contribution in [1.29, 1.82) is 0 Å². The number of amides is 2. The molecule has 18 heavy (non-hydrogen) atoms. The molecule has 0 bridgehead atoms. The van der Waals surface area contributed by atoms with Gasteiger partial charge in [0.15, 0.2) is 5.84 Å². The average molecular weight is 255 g/mol. The zero-order valence-electron chi connectivity index (χ0n) is 10.0. The van der Waals surface area contributed by atoms with Crippen LogP contribution in [0.2, 0.25) is 0 Å². The van der Waals surface area contributed by atoms with Gasteiger partial charge in [-0.3, -0.25) is 10.1 Å². The lowest BCUT2D eigenvalue weighted by Gasteiger charge is -2.18. The van der Waals surface area contributed by atoms with Crippen molar-refractivity contribution in [2.24, 2.45) is 5.16 Å². The Balaban J connectivity index is 1.77. The molecule has 0 aliphatic carbocycles. The van der Waals surface area contributed by atoms with Gasteiger partial charge in [-0.1, -0.05) is 11.6 Å². The van der Waals surface area contributed by atoms with E-state index in [0.29, 0.717) is 25.1 Å². The molecule has 2 unspecified atom stereocenters. The molecule has 2 amide bonds. The van der Waals surface area contributed by atoms with Crippen LogP contribution in [0.15, 0.2) is 5.16 Å². The highest BCUT2D eigenvalue weighted by Crippen LogP contribution is 2.19. The minimum Gasteiger partial charge on any atom is -0.465 e. The predicted octanol–water partition coefficient (Wildman–Crippen LogP) is 0.805. The Kier molecular flexibility index (Phi) is 4.01. The van der Waals surface area contributed by atoms with Gasteiger partial charge in [-0.25, -0.2) is 4.79 Å². The Morgan fingerprint density at radius 3 is 3.17 bits per heavy atom. The Morgan fingerprint density at radius 2 is 2.39 bits per heavy atom. The van der Waals surface area contributed by atoms with Crippen molar-refractivity contribution in [3.63, 3.8) is 0 Å². The SMILES string of the molecule is O=C(O)NC1=NOC(CC2CCCCC(=O)N2)C1. The Bertz CT molecular complexity index is 369. The number of hydrogen-bond acceptors (Lipinski definition) is 4. The lowest BCUT2D eigenvalue weighted by atomic mass is 10.0.